The van der Waals surface area contributed by atoms with Crippen molar-refractivity contribution in [3.8, 4) is 5.75 Å². The van der Waals surface area contributed by atoms with Gasteiger partial charge in [0.05, 0.1) is 12.6 Å². The third-order valence-corrected chi connectivity index (χ3v) is 3.31. The Hall–Kier alpha value is -2.17. The smallest absolute Gasteiger partial charge is 0.165 e. The maximum absolute atomic E-state index is 13.7. The molecule has 0 unspecified atom stereocenters. The third-order valence-electron chi connectivity index (χ3n) is 3.31. The number of halogens is 1. The number of benzene rings is 1. The fourth-order valence-corrected chi connectivity index (χ4v) is 2.51. The van der Waals surface area contributed by atoms with Crippen LogP contribution in [0.1, 0.15) is 29.5 Å². The Kier molecular flexibility index (Phi) is 3.26. The van der Waals surface area contributed by atoms with Crippen LogP contribution in [0.25, 0.3) is 0 Å². The molecule has 104 valence electrons. The van der Waals surface area contributed by atoms with Gasteiger partial charge >= 0.3 is 0 Å². The van der Waals surface area contributed by atoms with Gasteiger partial charge in [0.2, 0.25) is 0 Å². The van der Waals surface area contributed by atoms with E-state index in [1.165, 1.54) is 6.07 Å². The summed E-state index contributed by atoms with van der Waals surface area (Å²) in [6, 6.07) is 6.90. The highest BCUT2D eigenvalue weighted by Crippen LogP contribution is 2.35. The van der Waals surface area contributed by atoms with Gasteiger partial charge in [-0.15, -0.1) is 0 Å². The normalized spacial score (nSPS) is 17.2. The molecule has 2 heterocycles. The molecule has 5 heteroatoms. The molecule has 0 fully saturated rings. The molecule has 1 aromatic heterocycles. The van der Waals surface area contributed by atoms with Gasteiger partial charge in [-0.3, -0.25) is 0 Å². The summed E-state index contributed by atoms with van der Waals surface area (Å²) in [4.78, 5) is 8.62. The van der Waals surface area contributed by atoms with Crippen LogP contribution in [0.15, 0.2) is 24.3 Å². The predicted octanol–water partition coefficient (Wildman–Crippen LogP) is 3.17. The Morgan fingerprint density at radius 3 is 2.95 bits per heavy atom. The fraction of sp³-hybridized carbons (Fsp3) is 0.333. The summed E-state index contributed by atoms with van der Waals surface area (Å²) in [5, 5.41) is 3.35. The highest BCUT2D eigenvalue weighted by molar-refractivity contribution is 5.45. The van der Waals surface area contributed by atoms with E-state index < -0.39 is 0 Å². The van der Waals surface area contributed by atoms with E-state index in [1.54, 1.807) is 6.07 Å². The van der Waals surface area contributed by atoms with Crippen LogP contribution in [-0.4, -0.2) is 16.6 Å². The van der Waals surface area contributed by atoms with Gasteiger partial charge in [-0.05, 0) is 19.9 Å². The van der Waals surface area contributed by atoms with Gasteiger partial charge in [-0.25, -0.2) is 14.4 Å². The van der Waals surface area contributed by atoms with Gasteiger partial charge in [-0.1, -0.05) is 12.1 Å². The lowest BCUT2D eigenvalue weighted by Crippen LogP contribution is -2.21. The number of nitrogens with one attached hydrogen (secondary N) is 1. The second-order valence-corrected chi connectivity index (χ2v) is 4.93. The maximum atomic E-state index is 13.7. The molecule has 0 amide bonds. The zero-order valence-corrected chi connectivity index (χ0v) is 11.5. The zero-order valence-electron chi connectivity index (χ0n) is 11.5. The summed E-state index contributed by atoms with van der Waals surface area (Å²) in [7, 11) is 0. The SMILES string of the molecule is Cc1cc(N[C@H]2CCOc3c(F)cccc32)nc(C)n1. The van der Waals surface area contributed by atoms with Crippen LogP contribution >= 0.6 is 0 Å². The highest BCUT2D eigenvalue weighted by atomic mass is 19.1. The summed E-state index contributed by atoms with van der Waals surface area (Å²) in [5.41, 5.74) is 1.75. The molecule has 0 spiro atoms. The molecule has 0 saturated heterocycles. The average molecular weight is 273 g/mol. The lowest BCUT2D eigenvalue weighted by molar-refractivity contribution is 0.260. The molecule has 3 rings (SSSR count). The zero-order chi connectivity index (χ0) is 14.1. The Labute approximate surface area is 117 Å². The predicted molar refractivity (Wildman–Crippen MR) is 74.4 cm³/mol. The van der Waals surface area contributed by atoms with E-state index in [9.17, 15) is 4.39 Å². The van der Waals surface area contributed by atoms with Crippen LogP contribution in [0, 0.1) is 19.7 Å². The number of aromatic nitrogens is 2. The van der Waals surface area contributed by atoms with Crippen molar-refractivity contribution in [1.29, 1.82) is 0 Å². The minimum atomic E-state index is -0.316. The van der Waals surface area contributed by atoms with E-state index in [2.05, 4.69) is 15.3 Å². The quantitative estimate of drug-likeness (QED) is 0.913. The maximum Gasteiger partial charge on any atom is 0.165 e. The van der Waals surface area contributed by atoms with Crippen LogP contribution in [0.2, 0.25) is 0 Å². The second-order valence-electron chi connectivity index (χ2n) is 4.93. The van der Waals surface area contributed by atoms with Crippen LogP contribution in [0.5, 0.6) is 5.75 Å². The van der Waals surface area contributed by atoms with Gasteiger partial charge in [-0.2, -0.15) is 0 Å². The number of fused-ring (bicyclic) bond motifs is 1. The number of para-hydroxylation sites is 1. The first-order chi connectivity index (χ1) is 9.63. The fourth-order valence-electron chi connectivity index (χ4n) is 2.51. The van der Waals surface area contributed by atoms with Crippen LogP contribution in [0.4, 0.5) is 10.2 Å². The number of hydrogen-bond acceptors (Lipinski definition) is 4. The molecule has 1 atom stereocenters. The van der Waals surface area contributed by atoms with Gasteiger partial charge in [0.25, 0.3) is 0 Å². The van der Waals surface area contributed by atoms with Gasteiger partial charge in [0.1, 0.15) is 11.6 Å². The van der Waals surface area contributed by atoms with Crippen LogP contribution in [-0.2, 0) is 0 Å². The van der Waals surface area contributed by atoms with Crippen molar-refractivity contribution >= 4 is 5.82 Å². The molecular weight excluding hydrogens is 257 g/mol. The minimum absolute atomic E-state index is 0.00292. The van der Waals surface area contributed by atoms with Gasteiger partial charge in [0.15, 0.2) is 11.6 Å². The van der Waals surface area contributed by atoms with Crippen molar-refractivity contribution in [2.75, 3.05) is 11.9 Å². The monoisotopic (exact) mass is 273 g/mol. The third kappa shape index (κ3) is 2.43. The summed E-state index contributed by atoms with van der Waals surface area (Å²) >= 11 is 0. The number of ether oxygens (including phenoxy) is 1. The first kappa shape index (κ1) is 12.8. The molecule has 1 aromatic carbocycles. The summed E-state index contributed by atoms with van der Waals surface area (Å²) in [6.45, 7) is 4.28. The standard InChI is InChI=1S/C15H16FN3O/c1-9-8-14(18-10(2)17-9)19-13-6-7-20-15-11(13)4-3-5-12(15)16/h3-5,8,13H,6-7H2,1-2H3,(H,17,18,19)/t13-/m0/s1. The molecule has 1 aliphatic heterocycles. The number of rotatable bonds is 2. The number of hydrogen-bond donors (Lipinski definition) is 1. The molecule has 1 N–H and O–H groups in total. The topological polar surface area (TPSA) is 47.0 Å². The molecule has 2 aromatic rings. The largest absolute Gasteiger partial charge is 0.490 e. The molecule has 0 radical (unpaired) electrons. The average Bonchev–Trinajstić information content (AvgIpc) is 2.39. The molecule has 20 heavy (non-hydrogen) atoms. The first-order valence-electron chi connectivity index (χ1n) is 6.63. The van der Waals surface area contributed by atoms with Crippen molar-refractivity contribution in [3.05, 3.63) is 47.2 Å². The molecule has 0 bridgehead atoms. The molecular formula is C15H16FN3O. The lowest BCUT2D eigenvalue weighted by atomic mass is 10.0. The van der Waals surface area contributed by atoms with E-state index >= 15 is 0 Å². The van der Waals surface area contributed by atoms with Gasteiger partial charge in [0, 0.05) is 23.7 Å². The van der Waals surface area contributed by atoms with Crippen molar-refractivity contribution < 1.29 is 9.13 Å². The van der Waals surface area contributed by atoms with Gasteiger partial charge < -0.3 is 10.1 Å². The van der Waals surface area contributed by atoms with Crippen LogP contribution in [0.3, 0.4) is 0 Å². The first-order valence-corrected chi connectivity index (χ1v) is 6.63. The molecule has 4 nitrogen and oxygen atoms in total. The van der Waals surface area contributed by atoms with E-state index in [-0.39, 0.29) is 11.9 Å². The Morgan fingerprint density at radius 1 is 1.30 bits per heavy atom. The Balaban J connectivity index is 1.91. The minimum Gasteiger partial charge on any atom is -0.490 e. The van der Waals surface area contributed by atoms with E-state index in [4.69, 9.17) is 4.74 Å². The van der Waals surface area contributed by atoms with E-state index in [0.717, 1.165) is 29.3 Å². The molecule has 1 aliphatic rings. The van der Waals surface area contributed by atoms with E-state index in [0.29, 0.717) is 12.4 Å². The molecule has 0 aliphatic carbocycles. The Morgan fingerprint density at radius 2 is 2.15 bits per heavy atom. The number of nitrogens with zero attached hydrogens (tertiary/aromatic N) is 2. The molecule has 0 saturated carbocycles. The van der Waals surface area contributed by atoms with Crippen molar-refractivity contribution in [3.63, 3.8) is 0 Å². The number of aryl methyl sites for hydroxylation is 2. The van der Waals surface area contributed by atoms with Crippen molar-refractivity contribution in [1.82, 2.24) is 9.97 Å². The van der Waals surface area contributed by atoms with Crippen molar-refractivity contribution in [2.45, 2.75) is 26.3 Å². The van der Waals surface area contributed by atoms with Crippen LogP contribution < -0.4 is 10.1 Å². The Bertz CT molecular complexity index is 625. The lowest BCUT2D eigenvalue weighted by Gasteiger charge is -2.27. The summed E-state index contributed by atoms with van der Waals surface area (Å²) < 4.78 is 19.2. The second kappa shape index (κ2) is 5.07. The van der Waals surface area contributed by atoms with E-state index in [1.807, 2.05) is 26.0 Å². The number of anilines is 1. The highest BCUT2D eigenvalue weighted by Gasteiger charge is 2.24. The summed E-state index contributed by atoms with van der Waals surface area (Å²) in [6.07, 6.45) is 0.776. The summed E-state index contributed by atoms with van der Waals surface area (Å²) in [5.74, 6) is 1.51. The van der Waals surface area contributed by atoms with Crippen molar-refractivity contribution in [2.24, 2.45) is 0 Å².